The number of ether oxygens (including phenoxy) is 1. The minimum atomic E-state index is -0.763. The fourth-order valence-electron chi connectivity index (χ4n) is 2.46. The Bertz CT molecular complexity index is 547. The van der Waals surface area contributed by atoms with Crippen molar-refractivity contribution in [2.75, 3.05) is 19.8 Å². The van der Waals surface area contributed by atoms with Crippen LogP contribution in [0, 0.1) is 0 Å². The highest BCUT2D eigenvalue weighted by atomic mass is 32.1. The van der Waals surface area contributed by atoms with Crippen molar-refractivity contribution >= 4 is 11.3 Å². The monoisotopic (exact) mass is 293 g/mol. The summed E-state index contributed by atoms with van der Waals surface area (Å²) in [6.07, 6.45) is 4.41. The molecular formula is C14H19N3O2S. The summed E-state index contributed by atoms with van der Waals surface area (Å²) in [5.41, 5.74) is -0.763. The lowest BCUT2D eigenvalue weighted by molar-refractivity contribution is 0.0255. The van der Waals surface area contributed by atoms with Gasteiger partial charge in [-0.2, -0.15) is 0 Å². The summed E-state index contributed by atoms with van der Waals surface area (Å²) in [7, 11) is 1.98. The van der Waals surface area contributed by atoms with Crippen LogP contribution in [-0.2, 0) is 11.8 Å². The van der Waals surface area contributed by atoms with Gasteiger partial charge >= 0.3 is 0 Å². The molecule has 2 aromatic rings. The van der Waals surface area contributed by atoms with Crippen LogP contribution >= 0.6 is 11.3 Å². The molecule has 1 aliphatic rings. The number of hydrogen-bond donors (Lipinski definition) is 2. The maximum absolute atomic E-state index is 10.4. The maximum Gasteiger partial charge on any atom is 0.131 e. The summed E-state index contributed by atoms with van der Waals surface area (Å²) < 4.78 is 7.30. The normalized spacial score (nSPS) is 24.1. The largest absolute Gasteiger partial charge is 0.386 e. The van der Waals surface area contributed by atoms with Crippen LogP contribution in [-0.4, -0.2) is 40.0 Å². The maximum atomic E-state index is 10.4. The van der Waals surface area contributed by atoms with Crippen LogP contribution in [0.25, 0.3) is 0 Å². The first kappa shape index (κ1) is 13.8. The average Bonchev–Trinajstić information content (AvgIpc) is 3.14. The number of hydrogen-bond acceptors (Lipinski definition) is 5. The van der Waals surface area contributed by atoms with Gasteiger partial charge < -0.3 is 19.7 Å². The van der Waals surface area contributed by atoms with E-state index in [1.165, 1.54) is 4.88 Å². The van der Waals surface area contributed by atoms with Crippen molar-refractivity contribution in [3.8, 4) is 0 Å². The van der Waals surface area contributed by atoms with Crippen LogP contribution in [0.2, 0.25) is 0 Å². The Hall–Kier alpha value is -1.21. The quantitative estimate of drug-likeness (QED) is 0.873. The van der Waals surface area contributed by atoms with Crippen molar-refractivity contribution < 1.29 is 9.84 Å². The zero-order chi connectivity index (χ0) is 14.0. The molecule has 2 unspecified atom stereocenters. The number of nitrogens with zero attached hydrogens (tertiary/aromatic N) is 2. The zero-order valence-corrected chi connectivity index (χ0v) is 12.3. The van der Waals surface area contributed by atoms with Crippen LogP contribution in [0.15, 0.2) is 29.9 Å². The minimum absolute atomic E-state index is 0.000347. The summed E-state index contributed by atoms with van der Waals surface area (Å²) in [5.74, 6) is 0.954. The molecular weight excluding hydrogens is 274 g/mol. The van der Waals surface area contributed by atoms with Gasteiger partial charge in [-0.25, -0.2) is 4.98 Å². The van der Waals surface area contributed by atoms with Gasteiger partial charge in [0.2, 0.25) is 0 Å². The Kier molecular flexibility index (Phi) is 3.89. The molecule has 6 heteroatoms. The first-order valence-electron chi connectivity index (χ1n) is 6.72. The van der Waals surface area contributed by atoms with Crippen LogP contribution in [0.4, 0.5) is 0 Å². The summed E-state index contributed by atoms with van der Waals surface area (Å²) in [6, 6.07) is 4.12. The van der Waals surface area contributed by atoms with E-state index in [4.69, 9.17) is 4.74 Å². The highest BCUT2D eigenvalue weighted by Gasteiger charge is 2.33. The van der Waals surface area contributed by atoms with Crippen molar-refractivity contribution in [1.29, 1.82) is 0 Å². The van der Waals surface area contributed by atoms with Gasteiger partial charge in [0.25, 0.3) is 0 Å². The van der Waals surface area contributed by atoms with E-state index in [1.807, 2.05) is 23.9 Å². The molecule has 0 aliphatic carbocycles. The number of imidazole rings is 1. The highest BCUT2D eigenvalue weighted by Crippen LogP contribution is 2.26. The molecule has 1 aliphatic heterocycles. The minimum Gasteiger partial charge on any atom is -0.386 e. The Labute approximate surface area is 122 Å². The van der Waals surface area contributed by atoms with Crippen molar-refractivity contribution in [2.45, 2.75) is 18.1 Å². The van der Waals surface area contributed by atoms with Gasteiger partial charge in [-0.15, -0.1) is 11.3 Å². The van der Waals surface area contributed by atoms with Gasteiger partial charge in [0.15, 0.2) is 0 Å². The first-order valence-corrected chi connectivity index (χ1v) is 7.60. The van der Waals surface area contributed by atoms with Gasteiger partial charge in [0, 0.05) is 43.9 Å². The lowest BCUT2D eigenvalue weighted by atomic mass is 10.0. The molecule has 2 N–H and O–H groups in total. The SMILES string of the molecule is Cn1ccnc1C(NCC1(O)CCOC1)c1cccs1. The second-order valence-electron chi connectivity index (χ2n) is 5.25. The third-order valence-corrected chi connectivity index (χ3v) is 4.60. The molecule has 2 atom stereocenters. The molecule has 5 nitrogen and oxygen atoms in total. The molecule has 3 rings (SSSR count). The Morgan fingerprint density at radius 1 is 1.65 bits per heavy atom. The molecule has 108 valence electrons. The van der Waals surface area contributed by atoms with E-state index < -0.39 is 5.60 Å². The van der Waals surface area contributed by atoms with E-state index in [0.29, 0.717) is 26.2 Å². The molecule has 2 aromatic heterocycles. The van der Waals surface area contributed by atoms with Gasteiger partial charge in [0.05, 0.1) is 6.61 Å². The lowest BCUT2D eigenvalue weighted by Gasteiger charge is -2.25. The van der Waals surface area contributed by atoms with Gasteiger partial charge in [-0.1, -0.05) is 6.07 Å². The topological polar surface area (TPSA) is 59.3 Å². The molecule has 0 spiro atoms. The predicted molar refractivity (Wildman–Crippen MR) is 77.8 cm³/mol. The van der Waals surface area contributed by atoms with E-state index in [2.05, 4.69) is 21.7 Å². The highest BCUT2D eigenvalue weighted by molar-refractivity contribution is 7.10. The molecule has 0 aromatic carbocycles. The third-order valence-electron chi connectivity index (χ3n) is 3.66. The number of aromatic nitrogens is 2. The van der Waals surface area contributed by atoms with E-state index in [1.54, 1.807) is 17.5 Å². The third kappa shape index (κ3) is 2.78. The number of rotatable bonds is 5. The molecule has 20 heavy (non-hydrogen) atoms. The number of nitrogens with one attached hydrogen (secondary N) is 1. The van der Waals surface area contributed by atoms with Gasteiger partial charge in [-0.3, -0.25) is 0 Å². The smallest absolute Gasteiger partial charge is 0.131 e. The zero-order valence-electron chi connectivity index (χ0n) is 11.5. The fourth-order valence-corrected chi connectivity index (χ4v) is 3.25. The van der Waals surface area contributed by atoms with Crippen LogP contribution < -0.4 is 5.32 Å². The van der Waals surface area contributed by atoms with E-state index in [0.717, 1.165) is 5.82 Å². The summed E-state index contributed by atoms with van der Waals surface area (Å²) in [6.45, 7) is 1.53. The molecule has 0 radical (unpaired) electrons. The van der Waals surface area contributed by atoms with Crippen LogP contribution in [0.3, 0.4) is 0 Å². The van der Waals surface area contributed by atoms with Crippen LogP contribution in [0.5, 0.6) is 0 Å². The van der Waals surface area contributed by atoms with E-state index in [-0.39, 0.29) is 6.04 Å². The Balaban J connectivity index is 1.78. The molecule has 0 saturated carbocycles. The van der Waals surface area contributed by atoms with Gasteiger partial charge in [-0.05, 0) is 11.4 Å². The second kappa shape index (κ2) is 5.65. The number of aliphatic hydroxyl groups is 1. The van der Waals surface area contributed by atoms with Crippen molar-refractivity contribution in [3.05, 3.63) is 40.6 Å². The van der Waals surface area contributed by atoms with E-state index in [9.17, 15) is 5.11 Å². The van der Waals surface area contributed by atoms with Gasteiger partial charge in [0.1, 0.15) is 17.5 Å². The van der Waals surface area contributed by atoms with Crippen molar-refractivity contribution in [1.82, 2.24) is 14.9 Å². The Morgan fingerprint density at radius 2 is 2.55 bits per heavy atom. The summed E-state index contributed by atoms with van der Waals surface area (Å²) in [4.78, 5) is 5.63. The van der Waals surface area contributed by atoms with E-state index >= 15 is 0 Å². The summed E-state index contributed by atoms with van der Waals surface area (Å²) >= 11 is 1.69. The average molecular weight is 293 g/mol. The summed E-state index contributed by atoms with van der Waals surface area (Å²) in [5, 5.41) is 15.9. The fraction of sp³-hybridized carbons (Fsp3) is 0.500. The second-order valence-corrected chi connectivity index (χ2v) is 6.23. The molecule has 1 fully saturated rings. The van der Waals surface area contributed by atoms with Crippen molar-refractivity contribution in [2.24, 2.45) is 7.05 Å². The van der Waals surface area contributed by atoms with Crippen LogP contribution in [0.1, 0.15) is 23.2 Å². The number of thiophene rings is 1. The lowest BCUT2D eigenvalue weighted by Crippen LogP contribution is -2.42. The Morgan fingerprint density at radius 3 is 3.15 bits per heavy atom. The molecule has 0 bridgehead atoms. The number of aryl methyl sites for hydroxylation is 1. The predicted octanol–water partition coefficient (Wildman–Crippen LogP) is 1.31. The first-order chi connectivity index (χ1) is 9.68. The molecule has 3 heterocycles. The standard InChI is InChI=1S/C14H19N3O2S/c1-17-6-5-15-13(17)12(11-3-2-8-20-11)16-9-14(18)4-7-19-10-14/h2-3,5-6,8,12,16,18H,4,7,9-10H2,1H3. The molecule has 0 amide bonds. The molecule has 1 saturated heterocycles. The van der Waals surface area contributed by atoms with Crippen molar-refractivity contribution in [3.63, 3.8) is 0 Å².